The van der Waals surface area contributed by atoms with Crippen molar-refractivity contribution < 1.29 is 14.6 Å². The van der Waals surface area contributed by atoms with Crippen molar-refractivity contribution in [1.82, 2.24) is 10.2 Å². The number of hydrogen-bond donors (Lipinski definition) is 2. The van der Waals surface area contributed by atoms with Crippen LogP contribution in [-0.2, 0) is 9.53 Å². The molecule has 3 rings (SSSR count). The van der Waals surface area contributed by atoms with Crippen molar-refractivity contribution in [2.75, 3.05) is 39.4 Å². The van der Waals surface area contributed by atoms with Crippen LogP contribution in [0.25, 0.3) is 5.57 Å². The number of benzene rings is 1. The second-order valence-corrected chi connectivity index (χ2v) is 7.20. The molecule has 0 spiro atoms. The van der Waals surface area contributed by atoms with E-state index in [2.05, 4.69) is 23.2 Å². The number of carbonyl (C=O) groups is 1. The molecule has 26 heavy (non-hydrogen) atoms. The lowest BCUT2D eigenvalue weighted by Gasteiger charge is -2.43. The lowest BCUT2D eigenvalue weighted by Crippen LogP contribution is -2.50. The van der Waals surface area contributed by atoms with Crippen molar-refractivity contribution in [1.29, 1.82) is 0 Å². The molecule has 1 heterocycles. The number of aliphatic carboxylic acids is 1. The molecule has 0 bridgehead atoms. The molecule has 2 aliphatic rings. The maximum Gasteiger partial charge on any atom is 0.311 e. The van der Waals surface area contributed by atoms with E-state index in [1.54, 1.807) is 0 Å². The third kappa shape index (κ3) is 3.84. The van der Waals surface area contributed by atoms with Gasteiger partial charge in [-0.1, -0.05) is 43.3 Å². The second kappa shape index (κ2) is 8.06. The molecule has 1 aliphatic carbocycles. The van der Waals surface area contributed by atoms with Crippen LogP contribution in [0.1, 0.15) is 19.4 Å². The maximum atomic E-state index is 12.2. The standard InChI is InChI=1S/C21H28N2O3/c1-3-22-19-14-17(16-7-5-4-6-8-16)13-18(20(24)25)21(19,2)15-23-9-11-26-12-10-23/h4-8,13-14,18,22H,3,9-12,15H2,1-2H3,(H,24,25). The minimum absolute atomic E-state index is 0.503. The van der Waals surface area contributed by atoms with Crippen LogP contribution < -0.4 is 5.32 Å². The first-order chi connectivity index (χ1) is 12.5. The number of morpholine rings is 1. The number of carboxylic acids is 1. The topological polar surface area (TPSA) is 61.8 Å². The molecule has 0 radical (unpaired) electrons. The number of rotatable bonds is 6. The molecule has 0 saturated carbocycles. The maximum absolute atomic E-state index is 12.2. The second-order valence-electron chi connectivity index (χ2n) is 7.20. The zero-order chi connectivity index (χ0) is 18.6. The van der Waals surface area contributed by atoms with Crippen LogP contribution in [-0.4, -0.2) is 55.4 Å². The molecule has 1 aliphatic heterocycles. The van der Waals surface area contributed by atoms with E-state index >= 15 is 0 Å². The molecule has 2 N–H and O–H groups in total. The first-order valence-electron chi connectivity index (χ1n) is 9.31. The minimum Gasteiger partial charge on any atom is -0.481 e. The van der Waals surface area contributed by atoms with Crippen LogP contribution >= 0.6 is 0 Å². The van der Waals surface area contributed by atoms with Gasteiger partial charge in [0.15, 0.2) is 0 Å². The van der Waals surface area contributed by atoms with Crippen molar-refractivity contribution >= 4 is 11.5 Å². The lowest BCUT2D eigenvalue weighted by molar-refractivity contribution is -0.143. The molecule has 1 aromatic rings. The van der Waals surface area contributed by atoms with Gasteiger partial charge in [0, 0.05) is 37.3 Å². The summed E-state index contributed by atoms with van der Waals surface area (Å²) in [6.07, 6.45) is 4.04. The molecule has 2 atom stereocenters. The number of nitrogens with zero attached hydrogens (tertiary/aromatic N) is 1. The van der Waals surface area contributed by atoms with E-state index in [-0.39, 0.29) is 0 Å². The van der Waals surface area contributed by atoms with Crippen molar-refractivity contribution in [3.8, 4) is 0 Å². The molecule has 1 aromatic carbocycles. The molecule has 140 valence electrons. The highest BCUT2D eigenvalue weighted by molar-refractivity contribution is 5.84. The van der Waals surface area contributed by atoms with Crippen molar-refractivity contribution in [2.24, 2.45) is 11.3 Å². The molecule has 0 aromatic heterocycles. The predicted octanol–water partition coefficient (Wildman–Crippen LogP) is 2.62. The van der Waals surface area contributed by atoms with Gasteiger partial charge in [-0.05, 0) is 24.1 Å². The van der Waals surface area contributed by atoms with Gasteiger partial charge in [-0.15, -0.1) is 0 Å². The Morgan fingerprint density at radius 2 is 2.00 bits per heavy atom. The van der Waals surface area contributed by atoms with E-state index in [4.69, 9.17) is 4.74 Å². The lowest BCUT2D eigenvalue weighted by atomic mass is 9.69. The minimum atomic E-state index is -0.780. The van der Waals surface area contributed by atoms with Gasteiger partial charge in [-0.25, -0.2) is 0 Å². The summed E-state index contributed by atoms with van der Waals surface area (Å²) in [5.41, 5.74) is 2.51. The van der Waals surface area contributed by atoms with Crippen LogP contribution in [0.5, 0.6) is 0 Å². The third-order valence-electron chi connectivity index (χ3n) is 5.34. The number of hydrogen-bond acceptors (Lipinski definition) is 4. The van der Waals surface area contributed by atoms with Gasteiger partial charge in [-0.3, -0.25) is 9.69 Å². The van der Waals surface area contributed by atoms with Crippen LogP contribution in [0.4, 0.5) is 0 Å². The summed E-state index contributed by atoms with van der Waals surface area (Å²) in [7, 11) is 0. The predicted molar refractivity (Wildman–Crippen MR) is 103 cm³/mol. The van der Waals surface area contributed by atoms with Crippen LogP contribution in [0.3, 0.4) is 0 Å². The summed E-state index contributed by atoms with van der Waals surface area (Å²) in [5.74, 6) is -1.36. The van der Waals surface area contributed by atoms with E-state index in [0.717, 1.165) is 36.5 Å². The summed E-state index contributed by atoms with van der Waals surface area (Å²) < 4.78 is 5.45. The van der Waals surface area contributed by atoms with Crippen LogP contribution in [0, 0.1) is 11.3 Å². The van der Waals surface area contributed by atoms with E-state index in [1.165, 1.54) is 0 Å². The van der Waals surface area contributed by atoms with E-state index in [0.29, 0.717) is 19.8 Å². The van der Waals surface area contributed by atoms with Crippen molar-refractivity contribution in [3.63, 3.8) is 0 Å². The summed E-state index contributed by atoms with van der Waals surface area (Å²) in [5, 5.41) is 13.5. The van der Waals surface area contributed by atoms with E-state index < -0.39 is 17.3 Å². The first kappa shape index (κ1) is 18.7. The molecular formula is C21H28N2O3. The average molecular weight is 356 g/mol. The van der Waals surface area contributed by atoms with Crippen LogP contribution in [0.15, 0.2) is 48.2 Å². The highest BCUT2D eigenvalue weighted by atomic mass is 16.5. The smallest absolute Gasteiger partial charge is 0.311 e. The fourth-order valence-electron chi connectivity index (χ4n) is 3.90. The summed E-state index contributed by atoms with van der Waals surface area (Å²) in [6, 6.07) is 9.98. The molecular weight excluding hydrogens is 328 g/mol. The fraction of sp³-hybridized carbons (Fsp3) is 0.476. The van der Waals surface area contributed by atoms with Crippen molar-refractivity contribution in [3.05, 3.63) is 53.7 Å². The number of nitrogens with one attached hydrogen (secondary N) is 1. The first-order valence-corrected chi connectivity index (χ1v) is 9.31. The zero-order valence-electron chi connectivity index (χ0n) is 15.6. The number of allylic oxidation sites excluding steroid dienone is 2. The average Bonchev–Trinajstić information content (AvgIpc) is 2.65. The van der Waals surface area contributed by atoms with E-state index in [9.17, 15) is 9.90 Å². The number of ether oxygens (including phenoxy) is 1. The largest absolute Gasteiger partial charge is 0.481 e. The zero-order valence-corrected chi connectivity index (χ0v) is 15.6. The summed E-state index contributed by atoms with van der Waals surface area (Å²) in [4.78, 5) is 14.5. The molecule has 5 nitrogen and oxygen atoms in total. The van der Waals surface area contributed by atoms with Gasteiger partial charge in [0.05, 0.1) is 19.1 Å². The van der Waals surface area contributed by atoms with E-state index in [1.807, 2.05) is 43.3 Å². The highest BCUT2D eigenvalue weighted by Crippen LogP contribution is 2.43. The molecule has 1 fully saturated rings. The Morgan fingerprint density at radius 1 is 1.31 bits per heavy atom. The highest BCUT2D eigenvalue weighted by Gasteiger charge is 2.44. The monoisotopic (exact) mass is 356 g/mol. The Hall–Kier alpha value is -2.11. The van der Waals surface area contributed by atoms with Gasteiger partial charge in [0.2, 0.25) is 0 Å². The molecule has 0 amide bonds. The molecule has 5 heteroatoms. The van der Waals surface area contributed by atoms with Gasteiger partial charge < -0.3 is 15.2 Å². The Kier molecular flexibility index (Phi) is 5.79. The summed E-state index contributed by atoms with van der Waals surface area (Å²) >= 11 is 0. The summed E-state index contributed by atoms with van der Waals surface area (Å²) in [6.45, 7) is 8.68. The Labute approximate surface area is 155 Å². The SMILES string of the molecule is CCNC1=CC(c2ccccc2)=CC(C(=O)O)C1(C)CN1CCOCC1. The Morgan fingerprint density at radius 3 is 2.62 bits per heavy atom. The molecule has 1 saturated heterocycles. The normalized spacial score (nSPS) is 26.8. The van der Waals surface area contributed by atoms with Gasteiger partial charge >= 0.3 is 5.97 Å². The third-order valence-corrected chi connectivity index (χ3v) is 5.34. The Bertz CT molecular complexity index is 692. The van der Waals surface area contributed by atoms with Crippen molar-refractivity contribution in [2.45, 2.75) is 13.8 Å². The Balaban J connectivity index is 1.98. The van der Waals surface area contributed by atoms with Gasteiger partial charge in [-0.2, -0.15) is 0 Å². The van der Waals surface area contributed by atoms with Gasteiger partial charge in [0.25, 0.3) is 0 Å². The molecule has 2 unspecified atom stereocenters. The van der Waals surface area contributed by atoms with Crippen LogP contribution in [0.2, 0.25) is 0 Å². The quantitative estimate of drug-likeness (QED) is 0.820. The number of carboxylic acid groups (broad SMARTS) is 1. The van der Waals surface area contributed by atoms with Gasteiger partial charge in [0.1, 0.15) is 0 Å². The fourth-order valence-corrected chi connectivity index (χ4v) is 3.90.